The van der Waals surface area contributed by atoms with Gasteiger partial charge >= 0.3 is 0 Å². The highest BCUT2D eigenvalue weighted by Crippen LogP contribution is 2.25. The number of hydrogen-bond donors (Lipinski definition) is 1. The number of nitrogens with zero attached hydrogens (tertiary/aromatic N) is 2. The highest BCUT2D eigenvalue weighted by molar-refractivity contribution is 7.91. The minimum Gasteiger partial charge on any atom is -0.348 e. The normalized spacial score (nSPS) is 18.2. The first-order chi connectivity index (χ1) is 10.5. The predicted octanol–water partition coefficient (Wildman–Crippen LogP) is 1.43. The molecule has 1 aliphatic rings. The van der Waals surface area contributed by atoms with E-state index in [1.54, 1.807) is 16.3 Å². The second kappa shape index (κ2) is 5.86. The van der Waals surface area contributed by atoms with E-state index in [4.69, 9.17) is 0 Å². The van der Waals surface area contributed by atoms with Crippen LogP contribution in [0.1, 0.15) is 18.7 Å². The third-order valence-electron chi connectivity index (χ3n) is 3.84. The van der Waals surface area contributed by atoms with E-state index < -0.39 is 10.0 Å². The summed E-state index contributed by atoms with van der Waals surface area (Å²) in [5, 5.41) is 1.69. The highest BCUT2D eigenvalue weighted by atomic mass is 32.2. The molecule has 0 fully saturated rings. The molecule has 1 aliphatic heterocycles. The van der Waals surface area contributed by atoms with Crippen LogP contribution in [0.5, 0.6) is 0 Å². The van der Waals surface area contributed by atoms with Gasteiger partial charge in [0.05, 0.1) is 12.6 Å². The molecule has 1 N–H and O–H groups in total. The Morgan fingerprint density at radius 3 is 2.91 bits per heavy atom. The molecule has 0 bridgehead atoms. The standard InChI is InChI=1S/C14H17N3O3S2/c1-11-12-4-2-6-16(12)7-8-17(11)13(18)10-15-22(19,20)14-5-3-9-21-14/h2-6,9,11,15H,7-8,10H2,1H3/t11-/m0/s1. The van der Waals surface area contributed by atoms with E-state index in [9.17, 15) is 13.2 Å². The van der Waals surface area contributed by atoms with Crippen molar-refractivity contribution in [3.8, 4) is 0 Å². The number of hydrogen-bond acceptors (Lipinski definition) is 4. The molecule has 0 aliphatic carbocycles. The molecule has 118 valence electrons. The zero-order chi connectivity index (χ0) is 15.7. The van der Waals surface area contributed by atoms with Crippen molar-refractivity contribution >= 4 is 27.3 Å². The largest absolute Gasteiger partial charge is 0.348 e. The van der Waals surface area contributed by atoms with E-state index in [-0.39, 0.29) is 22.7 Å². The van der Waals surface area contributed by atoms with Gasteiger partial charge in [-0.3, -0.25) is 4.79 Å². The average molecular weight is 339 g/mol. The van der Waals surface area contributed by atoms with Crippen molar-refractivity contribution in [1.82, 2.24) is 14.2 Å². The van der Waals surface area contributed by atoms with E-state index >= 15 is 0 Å². The third-order valence-corrected chi connectivity index (χ3v) is 6.63. The van der Waals surface area contributed by atoms with E-state index in [0.717, 1.165) is 23.6 Å². The number of carbonyl (C=O) groups excluding carboxylic acids is 1. The molecule has 0 saturated carbocycles. The molecule has 3 rings (SSSR count). The van der Waals surface area contributed by atoms with Crippen molar-refractivity contribution in [2.24, 2.45) is 0 Å². The number of aromatic nitrogens is 1. The van der Waals surface area contributed by atoms with Crippen LogP contribution in [0.4, 0.5) is 0 Å². The second-order valence-electron chi connectivity index (χ2n) is 5.15. The van der Waals surface area contributed by atoms with Crippen molar-refractivity contribution < 1.29 is 13.2 Å². The molecule has 1 atom stereocenters. The Morgan fingerprint density at radius 2 is 2.18 bits per heavy atom. The first kappa shape index (κ1) is 15.3. The predicted molar refractivity (Wildman–Crippen MR) is 84.1 cm³/mol. The van der Waals surface area contributed by atoms with Gasteiger partial charge < -0.3 is 9.47 Å². The van der Waals surface area contributed by atoms with Crippen LogP contribution in [0.25, 0.3) is 0 Å². The quantitative estimate of drug-likeness (QED) is 0.916. The molecular formula is C14H17N3O3S2. The maximum atomic E-state index is 12.3. The summed E-state index contributed by atoms with van der Waals surface area (Å²) in [6, 6.07) is 7.08. The number of amides is 1. The van der Waals surface area contributed by atoms with Gasteiger partial charge in [0.2, 0.25) is 5.91 Å². The SMILES string of the molecule is C[C@H]1c2cccn2CCN1C(=O)CNS(=O)(=O)c1cccs1. The van der Waals surface area contributed by atoms with Gasteiger partial charge in [-0.05, 0) is 30.5 Å². The molecule has 2 aromatic rings. The van der Waals surface area contributed by atoms with Crippen LogP contribution in [-0.4, -0.2) is 36.9 Å². The van der Waals surface area contributed by atoms with Crippen molar-refractivity contribution in [2.75, 3.05) is 13.1 Å². The van der Waals surface area contributed by atoms with Crippen LogP contribution in [0.15, 0.2) is 40.1 Å². The van der Waals surface area contributed by atoms with Gasteiger partial charge in [0.1, 0.15) is 4.21 Å². The van der Waals surface area contributed by atoms with Crippen LogP contribution in [-0.2, 0) is 21.4 Å². The van der Waals surface area contributed by atoms with Crippen molar-refractivity contribution in [1.29, 1.82) is 0 Å². The van der Waals surface area contributed by atoms with Crippen molar-refractivity contribution in [3.05, 3.63) is 41.5 Å². The van der Waals surface area contributed by atoms with Crippen LogP contribution >= 0.6 is 11.3 Å². The Morgan fingerprint density at radius 1 is 1.36 bits per heavy atom. The Balaban J connectivity index is 1.66. The number of fused-ring (bicyclic) bond motifs is 1. The third kappa shape index (κ3) is 2.81. The smallest absolute Gasteiger partial charge is 0.250 e. The molecule has 2 aromatic heterocycles. The number of thiophene rings is 1. The monoisotopic (exact) mass is 339 g/mol. The summed E-state index contributed by atoms with van der Waals surface area (Å²) in [6.45, 7) is 3.06. The lowest BCUT2D eigenvalue weighted by atomic mass is 10.1. The molecular weight excluding hydrogens is 322 g/mol. The van der Waals surface area contributed by atoms with Gasteiger partial charge in [-0.2, -0.15) is 0 Å². The van der Waals surface area contributed by atoms with E-state index in [1.165, 1.54) is 6.07 Å². The summed E-state index contributed by atoms with van der Waals surface area (Å²) < 4.78 is 28.8. The van der Waals surface area contributed by atoms with E-state index in [0.29, 0.717) is 6.54 Å². The number of sulfonamides is 1. The lowest BCUT2D eigenvalue weighted by molar-refractivity contribution is -0.133. The molecule has 0 unspecified atom stereocenters. The van der Waals surface area contributed by atoms with Gasteiger partial charge in [0.25, 0.3) is 10.0 Å². The topological polar surface area (TPSA) is 71.4 Å². The fourth-order valence-electron chi connectivity index (χ4n) is 2.67. The van der Waals surface area contributed by atoms with Crippen LogP contribution < -0.4 is 4.72 Å². The maximum absolute atomic E-state index is 12.3. The molecule has 0 aromatic carbocycles. The van der Waals surface area contributed by atoms with Gasteiger partial charge in [-0.1, -0.05) is 6.07 Å². The Bertz CT molecular complexity index is 765. The molecule has 6 nitrogen and oxygen atoms in total. The lowest BCUT2D eigenvalue weighted by Crippen LogP contribution is -2.45. The number of rotatable bonds is 4. The van der Waals surface area contributed by atoms with Gasteiger partial charge in [0.15, 0.2) is 0 Å². The Labute approximate surface area is 133 Å². The fraction of sp³-hybridized carbons (Fsp3) is 0.357. The van der Waals surface area contributed by atoms with Crippen LogP contribution in [0.3, 0.4) is 0 Å². The molecule has 22 heavy (non-hydrogen) atoms. The zero-order valence-electron chi connectivity index (χ0n) is 12.1. The number of nitrogens with one attached hydrogen (secondary N) is 1. The Hall–Kier alpha value is -1.64. The van der Waals surface area contributed by atoms with Crippen molar-refractivity contribution in [3.63, 3.8) is 0 Å². The maximum Gasteiger partial charge on any atom is 0.250 e. The Kier molecular flexibility index (Phi) is 4.07. The highest BCUT2D eigenvalue weighted by Gasteiger charge is 2.28. The molecule has 0 saturated heterocycles. The molecule has 1 amide bonds. The lowest BCUT2D eigenvalue weighted by Gasteiger charge is -2.35. The minimum atomic E-state index is -3.60. The minimum absolute atomic E-state index is 0.0532. The second-order valence-corrected chi connectivity index (χ2v) is 8.09. The first-order valence-electron chi connectivity index (χ1n) is 6.97. The van der Waals surface area contributed by atoms with Crippen LogP contribution in [0, 0.1) is 0 Å². The zero-order valence-corrected chi connectivity index (χ0v) is 13.7. The van der Waals surface area contributed by atoms with Gasteiger partial charge in [0, 0.05) is 25.0 Å². The van der Waals surface area contributed by atoms with E-state index in [1.807, 2.05) is 25.3 Å². The summed E-state index contributed by atoms with van der Waals surface area (Å²) in [5.41, 5.74) is 1.07. The van der Waals surface area contributed by atoms with Gasteiger partial charge in [-0.15, -0.1) is 11.3 Å². The molecule has 0 spiro atoms. The van der Waals surface area contributed by atoms with Gasteiger partial charge in [-0.25, -0.2) is 13.1 Å². The van der Waals surface area contributed by atoms with E-state index in [2.05, 4.69) is 9.29 Å². The molecule has 0 radical (unpaired) electrons. The molecule has 8 heteroatoms. The summed E-state index contributed by atoms with van der Waals surface area (Å²) in [6.07, 6.45) is 1.99. The summed E-state index contributed by atoms with van der Waals surface area (Å²) in [4.78, 5) is 14.1. The van der Waals surface area contributed by atoms with Crippen LogP contribution in [0.2, 0.25) is 0 Å². The summed E-state index contributed by atoms with van der Waals surface area (Å²) >= 11 is 1.13. The van der Waals surface area contributed by atoms with Crippen molar-refractivity contribution in [2.45, 2.75) is 23.7 Å². The number of carbonyl (C=O) groups is 1. The average Bonchev–Trinajstić information content (AvgIpc) is 3.16. The molecule has 3 heterocycles. The fourth-order valence-corrected chi connectivity index (χ4v) is 4.68. The summed E-state index contributed by atoms with van der Waals surface area (Å²) in [5.74, 6) is -0.208. The summed E-state index contributed by atoms with van der Waals surface area (Å²) in [7, 11) is -3.60. The first-order valence-corrected chi connectivity index (χ1v) is 9.33.